The number of aromatic nitrogens is 1. The molecule has 0 aliphatic carbocycles. The summed E-state index contributed by atoms with van der Waals surface area (Å²) >= 11 is 0. The van der Waals surface area contributed by atoms with Crippen molar-refractivity contribution in [3.63, 3.8) is 0 Å². The first-order valence-corrected chi connectivity index (χ1v) is 11.2. The van der Waals surface area contributed by atoms with Gasteiger partial charge in [0.05, 0.1) is 5.56 Å². The van der Waals surface area contributed by atoms with Gasteiger partial charge in [-0.25, -0.2) is 4.39 Å². The number of hydrogen-bond acceptors (Lipinski definition) is 1. The largest absolute Gasteiger partial charge is 0.455 e. The molecule has 32 heavy (non-hydrogen) atoms. The van der Waals surface area contributed by atoms with Crippen LogP contribution in [-0.4, -0.2) is 0 Å². The van der Waals surface area contributed by atoms with Crippen LogP contribution in [0.3, 0.4) is 0 Å². The molecule has 2 aromatic heterocycles. The second kappa shape index (κ2) is 7.16. The molecule has 0 spiro atoms. The molecule has 0 aliphatic rings. The van der Waals surface area contributed by atoms with E-state index in [2.05, 4.69) is 82.6 Å². The first-order chi connectivity index (χ1) is 15.1. The summed E-state index contributed by atoms with van der Waals surface area (Å²) in [5.41, 5.74) is 8.68. The second-order valence-corrected chi connectivity index (χ2v) is 10.2. The van der Waals surface area contributed by atoms with Gasteiger partial charge in [-0.05, 0) is 66.6 Å². The molecule has 0 bridgehead atoms. The standard InChI is InChI=1S/C29H29FNO/c1-17-13-23-22-12-11-20(30)15-26(22)32-28(23)27(18(17)2)25-14-19(16-29(3,4)5)21-9-7-8-10-24(21)31(25)6/h7-15H,16H2,1-6H3/q+1. The van der Waals surface area contributed by atoms with Crippen molar-refractivity contribution >= 4 is 32.8 Å². The van der Waals surface area contributed by atoms with Crippen molar-refractivity contribution in [1.82, 2.24) is 0 Å². The minimum atomic E-state index is -0.282. The van der Waals surface area contributed by atoms with Crippen molar-refractivity contribution in [2.75, 3.05) is 0 Å². The molecule has 162 valence electrons. The van der Waals surface area contributed by atoms with E-state index in [0.29, 0.717) is 5.58 Å². The molecule has 0 saturated carbocycles. The molecule has 0 saturated heterocycles. The van der Waals surface area contributed by atoms with Gasteiger partial charge in [0, 0.05) is 34.4 Å². The molecule has 5 rings (SSSR count). The SMILES string of the molecule is Cc1cc2c(oc3cc(F)ccc32)c(-c2cc(CC(C)(C)C)c3ccccc3[n+]2C)c1C. The van der Waals surface area contributed by atoms with E-state index in [1.807, 2.05) is 6.07 Å². The summed E-state index contributed by atoms with van der Waals surface area (Å²) in [5.74, 6) is -0.282. The molecule has 3 heteroatoms. The maximum atomic E-state index is 13.9. The van der Waals surface area contributed by atoms with Crippen molar-refractivity contribution in [2.45, 2.75) is 41.0 Å². The normalized spacial score (nSPS) is 12.3. The summed E-state index contributed by atoms with van der Waals surface area (Å²) in [7, 11) is 2.12. The van der Waals surface area contributed by atoms with Gasteiger partial charge in [-0.3, -0.25) is 0 Å². The third-order valence-electron chi connectivity index (χ3n) is 6.51. The van der Waals surface area contributed by atoms with Crippen LogP contribution in [0.4, 0.5) is 4.39 Å². The van der Waals surface area contributed by atoms with Crippen LogP contribution < -0.4 is 4.57 Å². The summed E-state index contributed by atoms with van der Waals surface area (Å²) in [6.45, 7) is 11.1. The number of pyridine rings is 1. The zero-order chi connectivity index (χ0) is 22.8. The highest BCUT2D eigenvalue weighted by Gasteiger charge is 2.26. The van der Waals surface area contributed by atoms with E-state index in [1.165, 1.54) is 39.7 Å². The molecule has 2 heterocycles. The van der Waals surface area contributed by atoms with Crippen LogP contribution in [0, 0.1) is 25.1 Å². The molecule has 0 amide bonds. The zero-order valence-electron chi connectivity index (χ0n) is 19.6. The van der Waals surface area contributed by atoms with E-state index < -0.39 is 0 Å². The molecule has 5 aromatic rings. The number of aryl methyl sites for hydroxylation is 2. The molecule has 0 N–H and O–H groups in total. The smallest absolute Gasteiger partial charge is 0.217 e. The minimum Gasteiger partial charge on any atom is -0.455 e. The molecule has 2 nitrogen and oxygen atoms in total. The molecule has 3 aromatic carbocycles. The van der Waals surface area contributed by atoms with Crippen LogP contribution in [-0.2, 0) is 13.5 Å². The Morgan fingerprint density at radius 2 is 1.66 bits per heavy atom. The Hall–Kier alpha value is -3.20. The molecular weight excluding hydrogens is 397 g/mol. The van der Waals surface area contributed by atoms with Gasteiger partial charge in [0.25, 0.3) is 0 Å². The van der Waals surface area contributed by atoms with Crippen molar-refractivity contribution in [3.05, 3.63) is 77.1 Å². The van der Waals surface area contributed by atoms with Crippen LogP contribution in [0.2, 0.25) is 0 Å². The van der Waals surface area contributed by atoms with E-state index >= 15 is 0 Å². The highest BCUT2D eigenvalue weighted by molar-refractivity contribution is 6.10. The zero-order valence-corrected chi connectivity index (χ0v) is 19.6. The van der Waals surface area contributed by atoms with Crippen molar-refractivity contribution in [1.29, 1.82) is 0 Å². The van der Waals surface area contributed by atoms with Gasteiger partial charge >= 0.3 is 0 Å². The average molecular weight is 427 g/mol. The Morgan fingerprint density at radius 1 is 0.906 bits per heavy atom. The fourth-order valence-corrected chi connectivity index (χ4v) is 4.88. The number of fused-ring (bicyclic) bond motifs is 4. The van der Waals surface area contributed by atoms with Crippen molar-refractivity contribution in [3.8, 4) is 11.3 Å². The topological polar surface area (TPSA) is 17.0 Å². The summed E-state index contributed by atoms with van der Waals surface area (Å²) < 4.78 is 22.5. The number of para-hydroxylation sites is 1. The fourth-order valence-electron chi connectivity index (χ4n) is 4.88. The van der Waals surface area contributed by atoms with E-state index in [9.17, 15) is 4.39 Å². The Balaban J connectivity index is 1.91. The summed E-state index contributed by atoms with van der Waals surface area (Å²) in [6.07, 6.45) is 0.973. The van der Waals surface area contributed by atoms with Crippen LogP contribution in [0.5, 0.6) is 0 Å². The first kappa shape index (κ1) is 20.7. The van der Waals surface area contributed by atoms with E-state index in [-0.39, 0.29) is 11.2 Å². The van der Waals surface area contributed by atoms with Crippen LogP contribution in [0.15, 0.2) is 59.0 Å². The Bertz CT molecular complexity index is 1520. The lowest BCUT2D eigenvalue weighted by atomic mass is 9.85. The predicted octanol–water partition coefficient (Wildman–Crippen LogP) is 7.58. The molecule has 0 radical (unpaired) electrons. The monoisotopic (exact) mass is 426 g/mol. The number of furan rings is 1. The van der Waals surface area contributed by atoms with Gasteiger partial charge in [-0.1, -0.05) is 32.9 Å². The fraction of sp³-hybridized carbons (Fsp3) is 0.276. The second-order valence-electron chi connectivity index (χ2n) is 10.2. The Morgan fingerprint density at radius 3 is 2.41 bits per heavy atom. The van der Waals surface area contributed by atoms with Gasteiger partial charge in [-0.15, -0.1) is 0 Å². The number of rotatable bonds is 2. The van der Waals surface area contributed by atoms with E-state index in [0.717, 1.165) is 34.0 Å². The van der Waals surface area contributed by atoms with E-state index in [4.69, 9.17) is 4.42 Å². The Labute approximate surface area is 188 Å². The number of nitrogens with zero attached hydrogens (tertiary/aromatic N) is 1. The highest BCUT2D eigenvalue weighted by atomic mass is 19.1. The van der Waals surface area contributed by atoms with Crippen LogP contribution in [0.1, 0.15) is 37.5 Å². The van der Waals surface area contributed by atoms with Crippen molar-refractivity contribution in [2.24, 2.45) is 12.5 Å². The van der Waals surface area contributed by atoms with Crippen molar-refractivity contribution < 1.29 is 13.4 Å². The van der Waals surface area contributed by atoms with Gasteiger partial charge in [0.1, 0.15) is 24.0 Å². The predicted molar refractivity (Wildman–Crippen MR) is 130 cm³/mol. The molecule has 0 atom stereocenters. The molecule has 0 fully saturated rings. The average Bonchev–Trinajstić information content (AvgIpc) is 3.07. The minimum absolute atomic E-state index is 0.161. The van der Waals surface area contributed by atoms with Gasteiger partial charge in [0.2, 0.25) is 11.2 Å². The Kier molecular flexibility index (Phi) is 4.63. The maximum Gasteiger partial charge on any atom is 0.217 e. The first-order valence-electron chi connectivity index (χ1n) is 11.2. The summed E-state index contributed by atoms with van der Waals surface area (Å²) in [5, 5.41) is 3.26. The van der Waals surface area contributed by atoms with Gasteiger partial charge in [0.15, 0.2) is 0 Å². The van der Waals surface area contributed by atoms with E-state index in [1.54, 1.807) is 0 Å². The summed E-state index contributed by atoms with van der Waals surface area (Å²) in [4.78, 5) is 0. The lowest BCUT2D eigenvalue weighted by Crippen LogP contribution is -2.33. The number of hydrogen-bond donors (Lipinski definition) is 0. The van der Waals surface area contributed by atoms with Crippen LogP contribution in [0.25, 0.3) is 44.1 Å². The maximum absolute atomic E-state index is 13.9. The van der Waals surface area contributed by atoms with Crippen LogP contribution >= 0.6 is 0 Å². The lowest BCUT2D eigenvalue weighted by Gasteiger charge is -2.20. The number of benzene rings is 3. The lowest BCUT2D eigenvalue weighted by molar-refractivity contribution is -0.633. The molecule has 0 unspecified atom stereocenters. The van der Waals surface area contributed by atoms with Gasteiger partial charge < -0.3 is 4.42 Å². The highest BCUT2D eigenvalue weighted by Crippen LogP contribution is 2.40. The third kappa shape index (κ3) is 3.28. The molecule has 0 aliphatic heterocycles. The molecular formula is C29H29FNO+. The van der Waals surface area contributed by atoms with Gasteiger partial charge in [-0.2, -0.15) is 4.57 Å². The third-order valence-corrected chi connectivity index (χ3v) is 6.51. The quantitative estimate of drug-likeness (QED) is 0.266. The number of halogens is 1. The summed E-state index contributed by atoms with van der Waals surface area (Å²) in [6, 6.07) is 17.9.